The van der Waals surface area contributed by atoms with E-state index in [1.54, 1.807) is 18.2 Å². The van der Waals surface area contributed by atoms with Gasteiger partial charge in [0.05, 0.1) is 10.8 Å². The van der Waals surface area contributed by atoms with Crippen molar-refractivity contribution in [1.29, 1.82) is 0 Å². The summed E-state index contributed by atoms with van der Waals surface area (Å²) in [5.74, 6) is 4.92. The molecule has 0 bridgehead atoms. The minimum absolute atomic E-state index is 0.236. The van der Waals surface area contributed by atoms with Gasteiger partial charge in [0, 0.05) is 10.6 Å². The molecule has 76 valence electrons. The number of hydrazine groups is 1. The Labute approximate surface area is 90.9 Å². The largest absolute Gasteiger partial charge is 0.399 e. The van der Waals surface area contributed by atoms with Crippen LogP contribution in [0.3, 0.4) is 0 Å². The third-order valence-electron chi connectivity index (χ3n) is 1.48. The lowest BCUT2D eigenvalue weighted by atomic mass is 10.3. The van der Waals surface area contributed by atoms with Crippen molar-refractivity contribution in [2.45, 2.75) is 4.90 Å². The van der Waals surface area contributed by atoms with E-state index in [1.807, 2.05) is 5.43 Å². The van der Waals surface area contributed by atoms with E-state index in [4.69, 9.17) is 23.2 Å². The molecule has 6 heteroatoms. The molecule has 4 nitrogen and oxygen atoms in total. The smallest absolute Gasteiger partial charge is 0.244 e. The molecule has 0 aliphatic carbocycles. The molecule has 14 heavy (non-hydrogen) atoms. The zero-order valence-corrected chi connectivity index (χ0v) is 8.86. The van der Waals surface area contributed by atoms with E-state index in [0.717, 1.165) is 4.90 Å². The monoisotopic (exact) mass is 231 g/mol. The van der Waals surface area contributed by atoms with E-state index < -0.39 is 0 Å². The minimum atomic E-state index is -0.247. The molecule has 1 aromatic carbocycles. The summed E-state index contributed by atoms with van der Waals surface area (Å²) < 4.78 is 0. The summed E-state index contributed by atoms with van der Waals surface area (Å²) in [4.78, 5) is 11.6. The molecule has 0 unspecified atom stereocenters. The average molecular weight is 232 g/mol. The second-order valence-corrected chi connectivity index (χ2v) is 3.97. The number of rotatable bonds is 3. The zero-order valence-electron chi connectivity index (χ0n) is 7.29. The van der Waals surface area contributed by atoms with Gasteiger partial charge in [-0.15, -0.1) is 11.8 Å². The first-order valence-electron chi connectivity index (χ1n) is 3.80. The maximum absolute atomic E-state index is 10.8. The highest BCUT2D eigenvalue weighted by atomic mass is 35.5. The van der Waals surface area contributed by atoms with Gasteiger partial charge in [-0.3, -0.25) is 10.2 Å². The fourth-order valence-electron chi connectivity index (χ4n) is 0.819. The number of nitrogen functional groups attached to an aromatic ring is 1. The van der Waals surface area contributed by atoms with E-state index in [9.17, 15) is 4.79 Å². The minimum Gasteiger partial charge on any atom is -0.399 e. The van der Waals surface area contributed by atoms with Gasteiger partial charge in [-0.2, -0.15) is 0 Å². The van der Waals surface area contributed by atoms with Crippen LogP contribution in [0.5, 0.6) is 0 Å². The Morgan fingerprint density at radius 3 is 2.86 bits per heavy atom. The molecule has 0 aromatic heterocycles. The summed E-state index contributed by atoms with van der Waals surface area (Å²) in [7, 11) is 0. The Morgan fingerprint density at radius 2 is 2.29 bits per heavy atom. The van der Waals surface area contributed by atoms with Crippen molar-refractivity contribution < 1.29 is 4.79 Å². The molecule has 1 rings (SSSR count). The molecular formula is C8H10ClN3OS. The number of benzene rings is 1. The predicted octanol–water partition coefficient (Wildman–Crippen LogP) is 1.00. The lowest BCUT2D eigenvalue weighted by Crippen LogP contribution is -2.31. The van der Waals surface area contributed by atoms with Crippen molar-refractivity contribution in [1.82, 2.24) is 5.43 Å². The third kappa shape index (κ3) is 3.10. The second-order valence-electron chi connectivity index (χ2n) is 2.55. The Hall–Kier alpha value is -0.910. The van der Waals surface area contributed by atoms with E-state index in [1.165, 1.54) is 11.8 Å². The Bertz CT molecular complexity index is 345. The molecule has 0 spiro atoms. The SMILES string of the molecule is NNC(=O)CSc1ccc(N)cc1Cl. The number of carbonyl (C=O) groups is 1. The molecule has 0 radical (unpaired) electrons. The summed E-state index contributed by atoms with van der Waals surface area (Å²) in [6.45, 7) is 0. The van der Waals surface area contributed by atoms with Gasteiger partial charge in [-0.1, -0.05) is 11.6 Å². The first-order chi connectivity index (χ1) is 6.63. The Morgan fingerprint density at radius 1 is 1.57 bits per heavy atom. The van der Waals surface area contributed by atoms with Crippen molar-refractivity contribution in [3.8, 4) is 0 Å². The highest BCUT2D eigenvalue weighted by Crippen LogP contribution is 2.28. The van der Waals surface area contributed by atoms with Crippen molar-refractivity contribution in [3.05, 3.63) is 23.2 Å². The number of nitrogens with two attached hydrogens (primary N) is 2. The van der Waals surface area contributed by atoms with Crippen molar-refractivity contribution in [2.75, 3.05) is 11.5 Å². The zero-order chi connectivity index (χ0) is 10.6. The molecule has 0 heterocycles. The number of nitrogens with one attached hydrogen (secondary N) is 1. The topological polar surface area (TPSA) is 81.1 Å². The van der Waals surface area contributed by atoms with Gasteiger partial charge < -0.3 is 5.73 Å². The number of anilines is 1. The lowest BCUT2D eigenvalue weighted by Gasteiger charge is -2.03. The van der Waals surface area contributed by atoms with Crippen molar-refractivity contribution >= 4 is 35.0 Å². The predicted molar refractivity (Wildman–Crippen MR) is 58.9 cm³/mol. The number of thioether (sulfide) groups is 1. The van der Waals surface area contributed by atoms with Crippen LogP contribution in [0.15, 0.2) is 23.1 Å². The summed E-state index contributed by atoms with van der Waals surface area (Å²) in [6.07, 6.45) is 0. The fraction of sp³-hybridized carbons (Fsp3) is 0.125. The van der Waals surface area contributed by atoms with Crippen LogP contribution < -0.4 is 17.0 Å². The second kappa shape index (κ2) is 5.09. The van der Waals surface area contributed by atoms with Crippen LogP contribution in [0.2, 0.25) is 5.02 Å². The van der Waals surface area contributed by atoms with E-state index in [-0.39, 0.29) is 11.7 Å². The molecule has 0 aliphatic heterocycles. The number of carbonyl (C=O) groups excluding carboxylic acids is 1. The van der Waals surface area contributed by atoms with Crippen LogP contribution in [0.25, 0.3) is 0 Å². The van der Waals surface area contributed by atoms with Gasteiger partial charge >= 0.3 is 0 Å². The van der Waals surface area contributed by atoms with Crippen LogP contribution in [0, 0.1) is 0 Å². The molecule has 0 fully saturated rings. The highest BCUT2D eigenvalue weighted by molar-refractivity contribution is 8.00. The molecule has 1 amide bonds. The number of halogens is 1. The van der Waals surface area contributed by atoms with Gasteiger partial charge in [0.1, 0.15) is 0 Å². The normalized spacial score (nSPS) is 9.86. The third-order valence-corrected chi connectivity index (χ3v) is 2.97. The quantitative estimate of drug-likeness (QED) is 0.238. The standard InChI is InChI=1S/C8H10ClN3OS/c9-6-3-5(10)1-2-7(6)14-4-8(13)12-11/h1-3H,4,10-11H2,(H,12,13). The Balaban J connectivity index is 2.63. The number of hydrogen-bond acceptors (Lipinski definition) is 4. The van der Waals surface area contributed by atoms with Gasteiger partial charge in [0.2, 0.25) is 5.91 Å². The first-order valence-corrected chi connectivity index (χ1v) is 5.17. The highest BCUT2D eigenvalue weighted by Gasteiger charge is 2.04. The molecule has 0 atom stereocenters. The Kier molecular flexibility index (Phi) is 4.06. The molecule has 0 saturated carbocycles. The van der Waals surface area contributed by atoms with Crippen molar-refractivity contribution in [2.24, 2.45) is 5.84 Å². The van der Waals surface area contributed by atoms with E-state index >= 15 is 0 Å². The number of hydrogen-bond donors (Lipinski definition) is 3. The molecule has 0 aliphatic rings. The van der Waals surface area contributed by atoms with Crippen LogP contribution in [-0.2, 0) is 4.79 Å². The maximum atomic E-state index is 10.8. The van der Waals surface area contributed by atoms with Crippen LogP contribution in [0.4, 0.5) is 5.69 Å². The lowest BCUT2D eigenvalue weighted by molar-refractivity contribution is -0.118. The summed E-state index contributed by atoms with van der Waals surface area (Å²) in [5, 5.41) is 0.542. The van der Waals surface area contributed by atoms with Crippen LogP contribution in [-0.4, -0.2) is 11.7 Å². The summed E-state index contributed by atoms with van der Waals surface area (Å²) in [6, 6.07) is 5.14. The van der Waals surface area contributed by atoms with Crippen molar-refractivity contribution in [3.63, 3.8) is 0 Å². The fourth-order valence-corrected chi connectivity index (χ4v) is 1.90. The average Bonchev–Trinajstić information content (AvgIpc) is 2.16. The number of amides is 1. The molecular weight excluding hydrogens is 222 g/mol. The van der Waals surface area contributed by atoms with Gasteiger partial charge in [0.25, 0.3) is 0 Å². The first kappa shape index (κ1) is 11.2. The van der Waals surface area contributed by atoms with Gasteiger partial charge in [-0.05, 0) is 18.2 Å². The summed E-state index contributed by atoms with van der Waals surface area (Å²) in [5.41, 5.74) is 8.15. The van der Waals surface area contributed by atoms with Gasteiger partial charge in [-0.25, -0.2) is 5.84 Å². The molecule has 5 N–H and O–H groups in total. The van der Waals surface area contributed by atoms with Gasteiger partial charge in [0.15, 0.2) is 0 Å². The van der Waals surface area contributed by atoms with Crippen LogP contribution in [0.1, 0.15) is 0 Å². The maximum Gasteiger partial charge on any atom is 0.244 e. The summed E-state index contributed by atoms with van der Waals surface area (Å²) >= 11 is 7.20. The van der Waals surface area contributed by atoms with E-state index in [2.05, 4.69) is 0 Å². The molecule has 1 aromatic rings. The molecule has 0 saturated heterocycles. The van der Waals surface area contributed by atoms with E-state index in [0.29, 0.717) is 10.7 Å². The van der Waals surface area contributed by atoms with Crippen LogP contribution >= 0.6 is 23.4 Å².